The van der Waals surface area contributed by atoms with Crippen LogP contribution < -0.4 is 0 Å². The van der Waals surface area contributed by atoms with Gasteiger partial charge in [0.05, 0.1) is 4.90 Å². The van der Waals surface area contributed by atoms with Crippen LogP contribution in [-0.4, -0.2) is 24.0 Å². The molecule has 0 saturated heterocycles. The van der Waals surface area contributed by atoms with Crippen molar-refractivity contribution in [1.29, 1.82) is 0 Å². The van der Waals surface area contributed by atoms with Gasteiger partial charge in [-0.3, -0.25) is 0 Å². The smallest absolute Gasteiger partial charge is 0.175 e. The van der Waals surface area contributed by atoms with Gasteiger partial charge in [-0.15, -0.1) is 0 Å². The van der Waals surface area contributed by atoms with Crippen LogP contribution >= 0.6 is 11.5 Å². The topological polar surface area (TPSA) is 59.9 Å². The van der Waals surface area contributed by atoms with Crippen molar-refractivity contribution in [3.8, 4) is 11.4 Å². The Morgan fingerprint density at radius 1 is 1.20 bits per heavy atom. The standard InChI is InChI=1S/C9H8N2O2S2/c1-15(12,13)8-4-2-7(3-5-8)9-10-6-14-11-9/h2-6H,1H3. The number of rotatable bonds is 2. The highest BCUT2D eigenvalue weighted by atomic mass is 32.2. The second-order valence-corrected chi connectivity index (χ2v) is 5.67. The van der Waals surface area contributed by atoms with Crippen molar-refractivity contribution in [1.82, 2.24) is 9.36 Å². The Kier molecular flexibility index (Phi) is 2.54. The zero-order valence-electron chi connectivity index (χ0n) is 7.91. The van der Waals surface area contributed by atoms with Crippen molar-refractivity contribution in [2.24, 2.45) is 0 Å². The molecule has 1 aromatic heterocycles. The predicted molar refractivity (Wildman–Crippen MR) is 58.5 cm³/mol. The molecule has 0 atom stereocenters. The average Bonchev–Trinajstić information content (AvgIpc) is 2.69. The molecule has 4 nitrogen and oxygen atoms in total. The number of aromatic nitrogens is 2. The fraction of sp³-hybridized carbons (Fsp3) is 0.111. The van der Waals surface area contributed by atoms with Crippen molar-refractivity contribution in [3.05, 3.63) is 29.8 Å². The SMILES string of the molecule is CS(=O)(=O)c1ccc(-c2ncsn2)cc1. The third-order valence-corrected chi connectivity index (χ3v) is 3.51. The average molecular weight is 240 g/mol. The Bertz CT molecular complexity index is 544. The Labute approximate surface area is 91.7 Å². The maximum absolute atomic E-state index is 11.2. The fourth-order valence-corrected chi connectivity index (χ4v) is 2.23. The summed E-state index contributed by atoms with van der Waals surface area (Å²) in [5, 5.41) is 0. The zero-order chi connectivity index (χ0) is 10.9. The van der Waals surface area contributed by atoms with Gasteiger partial charge in [0.15, 0.2) is 15.7 Å². The number of hydrogen-bond donors (Lipinski definition) is 0. The molecule has 0 fully saturated rings. The maximum atomic E-state index is 11.2. The van der Waals surface area contributed by atoms with Crippen molar-refractivity contribution < 1.29 is 8.42 Å². The monoisotopic (exact) mass is 240 g/mol. The van der Waals surface area contributed by atoms with Gasteiger partial charge in [0.1, 0.15) is 5.51 Å². The lowest BCUT2D eigenvalue weighted by Crippen LogP contribution is -1.96. The third kappa shape index (κ3) is 2.21. The summed E-state index contributed by atoms with van der Waals surface area (Å²) in [6, 6.07) is 6.54. The molecule has 0 aliphatic carbocycles. The maximum Gasteiger partial charge on any atom is 0.175 e. The first kappa shape index (κ1) is 10.3. The van der Waals surface area contributed by atoms with Crippen LogP contribution in [0.5, 0.6) is 0 Å². The van der Waals surface area contributed by atoms with E-state index in [0.717, 1.165) is 5.56 Å². The van der Waals surface area contributed by atoms with Crippen molar-refractivity contribution >= 4 is 21.4 Å². The third-order valence-electron chi connectivity index (χ3n) is 1.90. The fourth-order valence-electron chi connectivity index (χ4n) is 1.15. The van der Waals surface area contributed by atoms with Gasteiger partial charge in [-0.1, -0.05) is 0 Å². The molecule has 0 unspecified atom stereocenters. The molecule has 2 rings (SSSR count). The van der Waals surface area contributed by atoms with E-state index in [9.17, 15) is 8.42 Å². The van der Waals surface area contributed by atoms with Gasteiger partial charge in [0.2, 0.25) is 0 Å². The van der Waals surface area contributed by atoms with Crippen LogP contribution in [0.15, 0.2) is 34.7 Å². The van der Waals surface area contributed by atoms with Crippen molar-refractivity contribution in [2.75, 3.05) is 6.26 Å². The summed E-state index contributed by atoms with van der Waals surface area (Å²) < 4.78 is 26.5. The molecule has 0 spiro atoms. The van der Waals surface area contributed by atoms with Crippen LogP contribution in [0.25, 0.3) is 11.4 Å². The van der Waals surface area contributed by atoms with Crippen LogP contribution in [-0.2, 0) is 9.84 Å². The Morgan fingerprint density at radius 3 is 2.33 bits per heavy atom. The summed E-state index contributed by atoms with van der Waals surface area (Å²) in [6.45, 7) is 0. The van der Waals surface area contributed by atoms with E-state index in [-0.39, 0.29) is 0 Å². The molecule has 0 bridgehead atoms. The van der Waals surface area contributed by atoms with E-state index in [1.165, 1.54) is 17.8 Å². The number of sulfone groups is 1. The minimum absolute atomic E-state index is 0.307. The molecule has 0 aliphatic rings. The van der Waals surface area contributed by atoms with Crippen molar-refractivity contribution in [3.63, 3.8) is 0 Å². The van der Waals surface area contributed by atoms with Crippen LogP contribution in [0.4, 0.5) is 0 Å². The quantitative estimate of drug-likeness (QED) is 0.800. The summed E-state index contributed by atoms with van der Waals surface area (Å²) in [4.78, 5) is 4.34. The molecule has 0 amide bonds. The van der Waals surface area contributed by atoms with E-state index in [1.54, 1.807) is 29.8 Å². The van der Waals surface area contributed by atoms with E-state index in [2.05, 4.69) is 9.36 Å². The number of hydrogen-bond acceptors (Lipinski definition) is 5. The molecule has 78 valence electrons. The second-order valence-electron chi connectivity index (χ2n) is 3.05. The number of benzene rings is 1. The molecule has 1 heterocycles. The van der Waals surface area contributed by atoms with Gasteiger partial charge in [0.25, 0.3) is 0 Å². The highest BCUT2D eigenvalue weighted by molar-refractivity contribution is 7.90. The lowest BCUT2D eigenvalue weighted by Gasteiger charge is -1.98. The lowest BCUT2D eigenvalue weighted by atomic mass is 10.2. The highest BCUT2D eigenvalue weighted by Crippen LogP contribution is 2.18. The Morgan fingerprint density at radius 2 is 1.87 bits per heavy atom. The number of nitrogens with zero attached hydrogens (tertiary/aromatic N) is 2. The van der Waals surface area contributed by atoms with Crippen LogP contribution in [0.2, 0.25) is 0 Å². The first-order valence-corrected chi connectivity index (χ1v) is 6.87. The summed E-state index contributed by atoms with van der Waals surface area (Å²) >= 11 is 1.26. The summed E-state index contributed by atoms with van der Waals surface area (Å²) in [7, 11) is -3.13. The van der Waals surface area contributed by atoms with Crippen molar-refractivity contribution in [2.45, 2.75) is 4.90 Å². The molecule has 2 aromatic rings. The van der Waals surface area contributed by atoms with E-state index in [1.807, 2.05) is 0 Å². The molecule has 0 saturated carbocycles. The van der Waals surface area contributed by atoms with Crippen LogP contribution in [0.1, 0.15) is 0 Å². The molecule has 1 aromatic carbocycles. The van der Waals surface area contributed by atoms with Crippen LogP contribution in [0.3, 0.4) is 0 Å². The normalized spacial score (nSPS) is 11.5. The Hall–Kier alpha value is -1.27. The first-order chi connectivity index (χ1) is 7.07. The van der Waals surface area contributed by atoms with Crippen LogP contribution in [0, 0.1) is 0 Å². The predicted octanol–water partition coefficient (Wildman–Crippen LogP) is 1.61. The highest BCUT2D eigenvalue weighted by Gasteiger charge is 2.07. The van der Waals surface area contributed by atoms with E-state index in [4.69, 9.17) is 0 Å². The van der Waals surface area contributed by atoms with E-state index in [0.29, 0.717) is 10.7 Å². The first-order valence-electron chi connectivity index (χ1n) is 4.14. The molecule has 0 radical (unpaired) electrons. The molecule has 0 N–H and O–H groups in total. The molecule has 15 heavy (non-hydrogen) atoms. The zero-order valence-corrected chi connectivity index (χ0v) is 9.55. The summed E-state index contributed by atoms with van der Waals surface area (Å²) in [6.07, 6.45) is 1.18. The molecular weight excluding hydrogens is 232 g/mol. The minimum atomic E-state index is -3.13. The minimum Gasteiger partial charge on any atom is -0.224 e. The Balaban J connectivity index is 2.42. The summed E-state index contributed by atoms with van der Waals surface area (Å²) in [5.41, 5.74) is 2.46. The van der Waals surface area contributed by atoms with Gasteiger partial charge in [-0.2, -0.15) is 4.37 Å². The van der Waals surface area contributed by atoms with E-state index < -0.39 is 9.84 Å². The van der Waals surface area contributed by atoms with Gasteiger partial charge in [0, 0.05) is 11.8 Å². The molecule has 0 aliphatic heterocycles. The molecule has 6 heteroatoms. The largest absolute Gasteiger partial charge is 0.224 e. The van der Waals surface area contributed by atoms with Gasteiger partial charge in [-0.25, -0.2) is 13.4 Å². The van der Waals surface area contributed by atoms with Gasteiger partial charge < -0.3 is 0 Å². The van der Waals surface area contributed by atoms with Gasteiger partial charge in [-0.05, 0) is 35.8 Å². The second kappa shape index (κ2) is 3.71. The molecular formula is C9H8N2O2S2. The summed E-state index contributed by atoms with van der Waals surface area (Å²) in [5.74, 6) is 0.625. The van der Waals surface area contributed by atoms with Gasteiger partial charge >= 0.3 is 0 Å². The lowest BCUT2D eigenvalue weighted by molar-refractivity contribution is 0.602. The van der Waals surface area contributed by atoms with E-state index >= 15 is 0 Å².